The molecule has 3 heterocycles. The molecule has 7 heteroatoms. The van der Waals surface area contributed by atoms with E-state index in [2.05, 4.69) is 19.8 Å². The van der Waals surface area contributed by atoms with Crippen LogP contribution in [0.4, 0.5) is 5.82 Å². The van der Waals surface area contributed by atoms with E-state index >= 15 is 0 Å². The van der Waals surface area contributed by atoms with Gasteiger partial charge in [-0.3, -0.25) is 14.7 Å². The zero-order valence-corrected chi connectivity index (χ0v) is 14.8. The van der Waals surface area contributed by atoms with Gasteiger partial charge in [-0.1, -0.05) is 0 Å². The van der Waals surface area contributed by atoms with Gasteiger partial charge in [-0.15, -0.1) is 0 Å². The molecule has 0 N–H and O–H groups in total. The minimum Gasteiger partial charge on any atom is -0.372 e. The zero-order chi connectivity index (χ0) is 17.1. The van der Waals surface area contributed by atoms with E-state index in [-0.39, 0.29) is 24.2 Å². The van der Waals surface area contributed by atoms with Crippen molar-refractivity contribution in [1.82, 2.24) is 19.8 Å². The van der Waals surface area contributed by atoms with Gasteiger partial charge in [-0.05, 0) is 20.8 Å². The minimum absolute atomic E-state index is 0.0912. The van der Waals surface area contributed by atoms with Gasteiger partial charge in [0.05, 0.1) is 24.4 Å². The molecule has 2 fully saturated rings. The Morgan fingerprint density at radius 2 is 1.83 bits per heavy atom. The van der Waals surface area contributed by atoms with E-state index in [9.17, 15) is 4.79 Å². The van der Waals surface area contributed by atoms with Crippen LogP contribution in [0.5, 0.6) is 0 Å². The van der Waals surface area contributed by atoms with Crippen molar-refractivity contribution in [2.75, 3.05) is 44.2 Å². The largest absolute Gasteiger partial charge is 0.372 e. The minimum atomic E-state index is -0.0912. The molecular weight excluding hydrogens is 306 g/mol. The predicted molar refractivity (Wildman–Crippen MR) is 91.9 cm³/mol. The third kappa shape index (κ3) is 3.84. The molecule has 0 bridgehead atoms. The maximum Gasteiger partial charge on any atom is 0.239 e. The van der Waals surface area contributed by atoms with Gasteiger partial charge < -0.3 is 14.5 Å². The third-order valence-electron chi connectivity index (χ3n) is 4.82. The summed E-state index contributed by atoms with van der Waals surface area (Å²) in [5, 5.41) is 0. The predicted octanol–water partition coefficient (Wildman–Crippen LogP) is 0.623. The number of carbonyl (C=O) groups excluding carboxylic acids is 1. The van der Waals surface area contributed by atoms with Crippen molar-refractivity contribution in [3.8, 4) is 0 Å². The average Bonchev–Trinajstić information content (AvgIpc) is 2.60. The number of piperazine rings is 1. The number of rotatable bonds is 3. The second-order valence-corrected chi connectivity index (χ2v) is 6.76. The van der Waals surface area contributed by atoms with Crippen LogP contribution in [0, 0.1) is 0 Å². The summed E-state index contributed by atoms with van der Waals surface area (Å²) in [6.07, 6.45) is 5.41. The summed E-state index contributed by atoms with van der Waals surface area (Å²) >= 11 is 0. The van der Waals surface area contributed by atoms with E-state index in [0.717, 1.165) is 32.0 Å². The lowest BCUT2D eigenvalue weighted by Gasteiger charge is -2.41. The van der Waals surface area contributed by atoms with Gasteiger partial charge in [-0.25, -0.2) is 4.98 Å². The highest BCUT2D eigenvalue weighted by atomic mass is 16.5. The highest BCUT2D eigenvalue weighted by Gasteiger charge is 2.32. The number of hydrogen-bond acceptors (Lipinski definition) is 6. The van der Waals surface area contributed by atoms with Gasteiger partial charge in [0.1, 0.15) is 5.82 Å². The standard InChI is InChI=1S/C17H27N5O2/c1-13-11-22(12-14(2)24-13)17(23)15(3)20-6-8-21(9-7-20)16-10-18-4-5-19-16/h4-5,10,13-15H,6-9,11-12H2,1-3H3/t13-,14-,15+/m1/s1. The Morgan fingerprint density at radius 1 is 1.17 bits per heavy atom. The van der Waals surface area contributed by atoms with Gasteiger partial charge in [0.2, 0.25) is 5.91 Å². The molecule has 0 unspecified atom stereocenters. The molecule has 24 heavy (non-hydrogen) atoms. The summed E-state index contributed by atoms with van der Waals surface area (Å²) in [5.41, 5.74) is 0. The first-order valence-electron chi connectivity index (χ1n) is 8.74. The lowest BCUT2D eigenvalue weighted by Crippen LogP contribution is -2.57. The first kappa shape index (κ1) is 17.1. The monoisotopic (exact) mass is 333 g/mol. The lowest BCUT2D eigenvalue weighted by molar-refractivity contribution is -0.148. The second-order valence-electron chi connectivity index (χ2n) is 6.76. The molecule has 2 aliphatic heterocycles. The number of hydrogen-bond donors (Lipinski definition) is 0. The molecule has 0 spiro atoms. The summed E-state index contributed by atoms with van der Waals surface area (Å²) in [6.45, 7) is 10.9. The number of ether oxygens (including phenoxy) is 1. The first-order chi connectivity index (χ1) is 11.5. The smallest absolute Gasteiger partial charge is 0.239 e. The Labute approximate surface area is 143 Å². The van der Waals surface area contributed by atoms with Gasteiger partial charge in [0.15, 0.2) is 0 Å². The van der Waals surface area contributed by atoms with Crippen molar-refractivity contribution in [3.05, 3.63) is 18.6 Å². The van der Waals surface area contributed by atoms with Crippen molar-refractivity contribution >= 4 is 11.7 Å². The quantitative estimate of drug-likeness (QED) is 0.808. The number of amides is 1. The van der Waals surface area contributed by atoms with Crippen molar-refractivity contribution < 1.29 is 9.53 Å². The lowest BCUT2D eigenvalue weighted by atomic mass is 10.1. The number of nitrogens with zero attached hydrogens (tertiary/aromatic N) is 5. The molecule has 0 aliphatic carbocycles. The normalized spacial score (nSPS) is 27.1. The molecular formula is C17H27N5O2. The van der Waals surface area contributed by atoms with E-state index in [1.807, 2.05) is 25.7 Å². The van der Waals surface area contributed by atoms with Crippen molar-refractivity contribution in [2.45, 2.75) is 39.0 Å². The Kier molecular flexibility index (Phi) is 5.30. The van der Waals surface area contributed by atoms with E-state index in [1.165, 1.54) is 0 Å². The Hall–Kier alpha value is -1.73. The summed E-state index contributed by atoms with van der Waals surface area (Å²) < 4.78 is 5.73. The zero-order valence-electron chi connectivity index (χ0n) is 14.8. The first-order valence-corrected chi connectivity index (χ1v) is 8.74. The van der Waals surface area contributed by atoms with E-state index < -0.39 is 0 Å². The molecule has 3 rings (SSSR count). The Morgan fingerprint density at radius 3 is 2.42 bits per heavy atom. The highest BCUT2D eigenvalue weighted by molar-refractivity contribution is 5.81. The summed E-state index contributed by atoms with van der Waals surface area (Å²) in [7, 11) is 0. The Balaban J connectivity index is 1.55. The van der Waals surface area contributed by atoms with Crippen molar-refractivity contribution in [3.63, 3.8) is 0 Å². The van der Waals surface area contributed by atoms with Crippen LogP contribution in [0.15, 0.2) is 18.6 Å². The van der Waals surface area contributed by atoms with Gasteiger partial charge in [-0.2, -0.15) is 0 Å². The molecule has 7 nitrogen and oxygen atoms in total. The van der Waals surface area contributed by atoms with Crippen LogP contribution in [0.25, 0.3) is 0 Å². The molecule has 2 saturated heterocycles. The average molecular weight is 333 g/mol. The van der Waals surface area contributed by atoms with Crippen LogP contribution in [0.1, 0.15) is 20.8 Å². The van der Waals surface area contributed by atoms with Gasteiger partial charge in [0.25, 0.3) is 0 Å². The van der Waals surface area contributed by atoms with Crippen LogP contribution >= 0.6 is 0 Å². The van der Waals surface area contributed by atoms with Crippen molar-refractivity contribution in [1.29, 1.82) is 0 Å². The van der Waals surface area contributed by atoms with Crippen LogP contribution in [-0.2, 0) is 9.53 Å². The number of morpholine rings is 1. The van der Waals surface area contributed by atoms with Crippen LogP contribution < -0.4 is 4.90 Å². The topological polar surface area (TPSA) is 61.8 Å². The van der Waals surface area contributed by atoms with E-state index in [4.69, 9.17) is 4.74 Å². The summed E-state index contributed by atoms with van der Waals surface area (Å²) in [5.74, 6) is 1.12. The van der Waals surface area contributed by atoms with Crippen LogP contribution in [0.3, 0.4) is 0 Å². The SMILES string of the molecule is C[C@@H]1CN(C(=O)[C@H](C)N2CCN(c3cnccn3)CC2)C[C@@H](C)O1. The van der Waals surface area contributed by atoms with Gasteiger partial charge in [0, 0.05) is 51.7 Å². The van der Waals surface area contributed by atoms with Crippen LogP contribution in [-0.4, -0.2) is 83.2 Å². The molecule has 0 radical (unpaired) electrons. The highest BCUT2D eigenvalue weighted by Crippen LogP contribution is 2.17. The fourth-order valence-electron chi connectivity index (χ4n) is 3.57. The fourth-order valence-corrected chi connectivity index (χ4v) is 3.57. The van der Waals surface area contributed by atoms with E-state index in [0.29, 0.717) is 13.1 Å². The summed E-state index contributed by atoms with van der Waals surface area (Å²) in [6, 6.07) is -0.0912. The molecule has 3 atom stereocenters. The van der Waals surface area contributed by atoms with Crippen molar-refractivity contribution in [2.24, 2.45) is 0 Å². The molecule has 132 valence electrons. The molecule has 1 aromatic rings. The molecule has 1 amide bonds. The Bertz CT molecular complexity index is 537. The maximum absolute atomic E-state index is 12.8. The fraction of sp³-hybridized carbons (Fsp3) is 0.706. The van der Waals surface area contributed by atoms with E-state index in [1.54, 1.807) is 18.6 Å². The molecule has 1 aromatic heterocycles. The molecule has 2 aliphatic rings. The number of anilines is 1. The number of aromatic nitrogens is 2. The molecule has 0 aromatic carbocycles. The van der Waals surface area contributed by atoms with Gasteiger partial charge >= 0.3 is 0 Å². The number of carbonyl (C=O) groups is 1. The maximum atomic E-state index is 12.8. The molecule has 0 saturated carbocycles. The van der Waals surface area contributed by atoms with Crippen LogP contribution in [0.2, 0.25) is 0 Å². The summed E-state index contributed by atoms with van der Waals surface area (Å²) in [4.78, 5) is 27.8. The third-order valence-corrected chi connectivity index (χ3v) is 4.82. The second kappa shape index (κ2) is 7.44.